The van der Waals surface area contributed by atoms with Crippen LogP contribution in [0, 0.1) is 0 Å². The van der Waals surface area contributed by atoms with Crippen molar-refractivity contribution in [1.29, 1.82) is 0 Å². The lowest BCUT2D eigenvalue weighted by atomic mass is 10.2. The molecule has 0 saturated carbocycles. The molecule has 1 aliphatic rings. The summed E-state index contributed by atoms with van der Waals surface area (Å²) in [7, 11) is 0. The van der Waals surface area contributed by atoms with Crippen molar-refractivity contribution in [3.8, 4) is 9.88 Å². The van der Waals surface area contributed by atoms with Crippen LogP contribution in [-0.2, 0) is 22.4 Å². The minimum Gasteiger partial charge on any atom is -0.376 e. The summed E-state index contributed by atoms with van der Waals surface area (Å²) in [6, 6.07) is 4.16. The van der Waals surface area contributed by atoms with E-state index in [1.807, 2.05) is 12.4 Å². The molecule has 0 radical (unpaired) electrons. The second-order valence-corrected chi connectivity index (χ2v) is 8.54. The molecule has 4 rings (SSSR count). The first-order valence-electron chi connectivity index (χ1n) is 7.73. The van der Waals surface area contributed by atoms with Gasteiger partial charge in [0.05, 0.1) is 37.3 Å². The number of thiazole rings is 2. The molecule has 1 aliphatic heterocycles. The highest BCUT2D eigenvalue weighted by atomic mass is 32.1. The molecule has 5 nitrogen and oxygen atoms in total. The zero-order valence-corrected chi connectivity index (χ0v) is 15.4. The number of nitrogens with one attached hydrogen (secondary N) is 1. The first kappa shape index (κ1) is 16.2. The molecule has 3 aromatic rings. The van der Waals surface area contributed by atoms with E-state index < -0.39 is 0 Å². The smallest absolute Gasteiger partial charge is 0.183 e. The van der Waals surface area contributed by atoms with E-state index in [-0.39, 0.29) is 6.10 Å². The van der Waals surface area contributed by atoms with Crippen LogP contribution in [0.25, 0.3) is 9.88 Å². The largest absolute Gasteiger partial charge is 0.376 e. The summed E-state index contributed by atoms with van der Waals surface area (Å²) in [6.07, 6.45) is 4.88. The van der Waals surface area contributed by atoms with Gasteiger partial charge in [-0.05, 0) is 11.4 Å². The fraction of sp³-hybridized carbons (Fsp3) is 0.375. The molecule has 0 spiro atoms. The SMILES string of the molecule is c1csc(-c2ncc(CNc3ncc(CC4COCCO4)s3)s2)c1. The summed E-state index contributed by atoms with van der Waals surface area (Å²) in [4.78, 5) is 12.6. The van der Waals surface area contributed by atoms with Gasteiger partial charge in [-0.3, -0.25) is 0 Å². The van der Waals surface area contributed by atoms with Crippen LogP contribution in [0.5, 0.6) is 0 Å². The molecule has 0 amide bonds. The molecule has 1 atom stereocenters. The van der Waals surface area contributed by atoms with Crippen LogP contribution >= 0.6 is 34.0 Å². The Kier molecular flexibility index (Phi) is 5.19. The molecule has 3 aromatic heterocycles. The molecule has 24 heavy (non-hydrogen) atoms. The fourth-order valence-electron chi connectivity index (χ4n) is 2.43. The molecule has 126 valence electrons. The van der Waals surface area contributed by atoms with Gasteiger partial charge >= 0.3 is 0 Å². The predicted molar refractivity (Wildman–Crippen MR) is 99.1 cm³/mol. The zero-order valence-electron chi connectivity index (χ0n) is 12.9. The maximum atomic E-state index is 5.69. The molecule has 1 N–H and O–H groups in total. The van der Waals surface area contributed by atoms with E-state index in [4.69, 9.17) is 9.47 Å². The Morgan fingerprint density at radius 1 is 1.17 bits per heavy atom. The third-order valence-electron chi connectivity index (χ3n) is 3.57. The van der Waals surface area contributed by atoms with Gasteiger partial charge in [-0.2, -0.15) is 0 Å². The number of aromatic nitrogens is 2. The van der Waals surface area contributed by atoms with Gasteiger partial charge in [0, 0.05) is 28.6 Å². The maximum absolute atomic E-state index is 5.69. The van der Waals surface area contributed by atoms with Gasteiger partial charge in [0.1, 0.15) is 5.01 Å². The second kappa shape index (κ2) is 7.71. The standard InChI is InChI=1S/C16H17N3O2S3/c1-2-14(22-5-1)15-17-8-13(23-15)9-19-16-18-7-12(24-16)6-11-10-20-3-4-21-11/h1-2,5,7-8,11H,3-4,6,9-10H2,(H,18,19). The highest BCUT2D eigenvalue weighted by molar-refractivity contribution is 7.21. The topological polar surface area (TPSA) is 56.3 Å². The average molecular weight is 380 g/mol. The van der Waals surface area contributed by atoms with E-state index in [9.17, 15) is 0 Å². The van der Waals surface area contributed by atoms with E-state index in [1.165, 1.54) is 14.6 Å². The Labute approximate surface area is 152 Å². The second-order valence-electron chi connectivity index (χ2n) is 5.37. The first-order chi connectivity index (χ1) is 11.9. The first-order valence-corrected chi connectivity index (χ1v) is 10.2. The summed E-state index contributed by atoms with van der Waals surface area (Å²) in [5.74, 6) is 0. The normalized spacial score (nSPS) is 17.9. The van der Waals surface area contributed by atoms with Crippen LogP contribution in [0.3, 0.4) is 0 Å². The number of rotatable bonds is 6. The van der Waals surface area contributed by atoms with Crippen molar-refractivity contribution < 1.29 is 9.47 Å². The monoisotopic (exact) mass is 379 g/mol. The third kappa shape index (κ3) is 4.01. The minimum atomic E-state index is 0.155. The highest BCUT2D eigenvalue weighted by Gasteiger charge is 2.16. The van der Waals surface area contributed by atoms with E-state index in [0.717, 1.165) is 23.1 Å². The molecule has 1 saturated heterocycles. The summed E-state index contributed by atoms with van der Waals surface area (Å²) in [5.41, 5.74) is 0. The average Bonchev–Trinajstić information content (AvgIpc) is 3.35. The molecule has 1 fully saturated rings. The van der Waals surface area contributed by atoms with Crippen molar-refractivity contribution in [2.24, 2.45) is 0 Å². The molecular formula is C16H17N3O2S3. The zero-order chi connectivity index (χ0) is 16.2. The van der Waals surface area contributed by atoms with Crippen LogP contribution in [0.15, 0.2) is 29.9 Å². The molecule has 0 aromatic carbocycles. The molecule has 8 heteroatoms. The predicted octanol–water partition coefficient (Wildman–Crippen LogP) is 3.90. The van der Waals surface area contributed by atoms with E-state index >= 15 is 0 Å². The lowest BCUT2D eigenvalue weighted by Gasteiger charge is -2.22. The quantitative estimate of drug-likeness (QED) is 0.704. The lowest BCUT2D eigenvalue weighted by Crippen LogP contribution is -2.29. The van der Waals surface area contributed by atoms with Gasteiger partial charge in [-0.25, -0.2) is 9.97 Å². The van der Waals surface area contributed by atoms with Crippen molar-refractivity contribution in [2.45, 2.75) is 19.1 Å². The molecule has 1 unspecified atom stereocenters. The maximum Gasteiger partial charge on any atom is 0.183 e. The lowest BCUT2D eigenvalue weighted by molar-refractivity contribution is -0.0869. The highest BCUT2D eigenvalue weighted by Crippen LogP contribution is 2.29. The van der Waals surface area contributed by atoms with Crippen molar-refractivity contribution >= 4 is 39.1 Å². The Balaban J connectivity index is 1.31. The number of nitrogens with zero attached hydrogens (tertiary/aromatic N) is 2. The van der Waals surface area contributed by atoms with E-state index in [0.29, 0.717) is 19.8 Å². The van der Waals surface area contributed by atoms with Crippen LogP contribution in [0.4, 0.5) is 5.13 Å². The molecule has 4 heterocycles. The number of anilines is 1. The minimum absolute atomic E-state index is 0.155. The Morgan fingerprint density at radius 2 is 2.12 bits per heavy atom. The van der Waals surface area contributed by atoms with Crippen molar-refractivity contribution in [2.75, 3.05) is 25.1 Å². The van der Waals surface area contributed by atoms with Crippen LogP contribution < -0.4 is 5.32 Å². The Bertz CT molecular complexity index is 763. The van der Waals surface area contributed by atoms with Gasteiger partial charge in [-0.1, -0.05) is 6.07 Å². The van der Waals surface area contributed by atoms with Crippen molar-refractivity contribution in [3.05, 3.63) is 39.7 Å². The third-order valence-corrected chi connectivity index (χ3v) is 6.58. The van der Waals surface area contributed by atoms with Crippen LogP contribution in [0.2, 0.25) is 0 Å². The van der Waals surface area contributed by atoms with Gasteiger partial charge in [0.2, 0.25) is 0 Å². The molecule has 0 bridgehead atoms. The van der Waals surface area contributed by atoms with E-state index in [2.05, 4.69) is 32.8 Å². The number of ether oxygens (including phenoxy) is 2. The number of hydrogen-bond donors (Lipinski definition) is 1. The molecule has 0 aliphatic carbocycles. The summed E-state index contributed by atoms with van der Waals surface area (Å²) in [5, 5.41) is 7.48. The molecular weight excluding hydrogens is 362 g/mol. The van der Waals surface area contributed by atoms with E-state index in [1.54, 1.807) is 34.0 Å². The fourth-order valence-corrected chi connectivity index (χ4v) is 4.96. The van der Waals surface area contributed by atoms with Crippen LogP contribution in [-0.4, -0.2) is 35.9 Å². The Morgan fingerprint density at radius 3 is 2.96 bits per heavy atom. The van der Waals surface area contributed by atoms with Crippen molar-refractivity contribution in [3.63, 3.8) is 0 Å². The summed E-state index contributed by atoms with van der Waals surface area (Å²) < 4.78 is 11.1. The van der Waals surface area contributed by atoms with Gasteiger partial charge in [0.15, 0.2) is 5.13 Å². The van der Waals surface area contributed by atoms with Gasteiger partial charge in [-0.15, -0.1) is 34.0 Å². The van der Waals surface area contributed by atoms with Gasteiger partial charge in [0.25, 0.3) is 0 Å². The summed E-state index contributed by atoms with van der Waals surface area (Å²) in [6.45, 7) is 2.81. The number of hydrogen-bond acceptors (Lipinski definition) is 8. The summed E-state index contributed by atoms with van der Waals surface area (Å²) >= 11 is 5.12. The Hall–Kier alpha value is -1.32. The van der Waals surface area contributed by atoms with Crippen molar-refractivity contribution in [1.82, 2.24) is 9.97 Å². The number of thiophene rings is 1. The van der Waals surface area contributed by atoms with Crippen LogP contribution in [0.1, 0.15) is 9.75 Å². The van der Waals surface area contributed by atoms with Gasteiger partial charge < -0.3 is 14.8 Å².